The molecule has 0 fully saturated rings. The second kappa shape index (κ2) is 5.28. The first-order valence-electron chi connectivity index (χ1n) is 4.42. The molecule has 13 heavy (non-hydrogen) atoms. The fourth-order valence-electron chi connectivity index (χ4n) is 1.03. The molecule has 1 rings (SSSR count). The Kier molecular flexibility index (Phi) is 3.94. The average Bonchev–Trinajstić information content (AvgIpc) is 2.19. The largest absolute Gasteiger partial charge is 0.317 e. The second-order valence-electron chi connectivity index (χ2n) is 2.75. The molecule has 0 radical (unpaired) electrons. The van der Waals surface area contributed by atoms with Crippen LogP contribution in [0.2, 0.25) is 0 Å². The van der Waals surface area contributed by atoms with Gasteiger partial charge in [-0.15, -0.1) is 0 Å². The SMILES string of the molecule is CCNCCc1ccc(C#N)cn1. The van der Waals surface area contributed by atoms with Gasteiger partial charge < -0.3 is 5.32 Å². The van der Waals surface area contributed by atoms with Gasteiger partial charge in [0.2, 0.25) is 0 Å². The quantitative estimate of drug-likeness (QED) is 0.697. The first-order chi connectivity index (χ1) is 6.36. The zero-order valence-electron chi connectivity index (χ0n) is 7.75. The molecule has 1 heterocycles. The Balaban J connectivity index is 2.46. The monoisotopic (exact) mass is 175 g/mol. The van der Waals surface area contributed by atoms with E-state index in [4.69, 9.17) is 5.26 Å². The van der Waals surface area contributed by atoms with Crippen molar-refractivity contribution in [2.24, 2.45) is 0 Å². The van der Waals surface area contributed by atoms with E-state index >= 15 is 0 Å². The van der Waals surface area contributed by atoms with Gasteiger partial charge in [-0.2, -0.15) is 5.26 Å². The second-order valence-corrected chi connectivity index (χ2v) is 2.75. The summed E-state index contributed by atoms with van der Waals surface area (Å²) in [6.07, 6.45) is 2.53. The Labute approximate surface area is 78.4 Å². The van der Waals surface area contributed by atoms with Gasteiger partial charge in [0.05, 0.1) is 5.56 Å². The van der Waals surface area contributed by atoms with Crippen LogP contribution in [0.15, 0.2) is 18.3 Å². The molecule has 0 unspecified atom stereocenters. The number of nitriles is 1. The van der Waals surface area contributed by atoms with Crippen molar-refractivity contribution in [3.63, 3.8) is 0 Å². The minimum absolute atomic E-state index is 0.618. The molecular formula is C10H13N3. The van der Waals surface area contributed by atoms with Crippen molar-refractivity contribution >= 4 is 0 Å². The van der Waals surface area contributed by atoms with Crippen LogP contribution < -0.4 is 5.32 Å². The molecular weight excluding hydrogens is 162 g/mol. The number of aromatic nitrogens is 1. The van der Waals surface area contributed by atoms with Crippen LogP contribution in [0.25, 0.3) is 0 Å². The zero-order chi connectivity index (χ0) is 9.52. The highest BCUT2D eigenvalue weighted by Gasteiger charge is 1.94. The summed E-state index contributed by atoms with van der Waals surface area (Å²) in [4.78, 5) is 4.16. The summed E-state index contributed by atoms with van der Waals surface area (Å²) < 4.78 is 0. The Hall–Kier alpha value is -1.40. The molecule has 0 bridgehead atoms. The lowest BCUT2D eigenvalue weighted by molar-refractivity contribution is 0.708. The van der Waals surface area contributed by atoms with Crippen molar-refractivity contribution in [3.8, 4) is 6.07 Å². The van der Waals surface area contributed by atoms with Crippen LogP contribution in [-0.2, 0) is 6.42 Å². The van der Waals surface area contributed by atoms with Crippen LogP contribution in [0.5, 0.6) is 0 Å². The molecule has 3 nitrogen and oxygen atoms in total. The summed E-state index contributed by atoms with van der Waals surface area (Å²) in [5.74, 6) is 0. The first kappa shape index (κ1) is 9.69. The van der Waals surface area contributed by atoms with Crippen molar-refractivity contribution in [2.75, 3.05) is 13.1 Å². The number of hydrogen-bond acceptors (Lipinski definition) is 3. The normalized spacial score (nSPS) is 9.54. The number of nitrogens with zero attached hydrogens (tertiary/aromatic N) is 2. The minimum atomic E-state index is 0.618. The van der Waals surface area contributed by atoms with Gasteiger partial charge in [0.25, 0.3) is 0 Å². The van der Waals surface area contributed by atoms with Gasteiger partial charge >= 0.3 is 0 Å². The van der Waals surface area contributed by atoms with Crippen LogP contribution in [0, 0.1) is 11.3 Å². The molecule has 0 amide bonds. The number of rotatable bonds is 4. The number of likely N-dealkylation sites (N-methyl/N-ethyl adjacent to an activating group) is 1. The molecule has 0 saturated heterocycles. The van der Waals surface area contributed by atoms with Gasteiger partial charge in [0.1, 0.15) is 6.07 Å². The van der Waals surface area contributed by atoms with Gasteiger partial charge in [-0.25, -0.2) is 0 Å². The third-order valence-electron chi connectivity index (χ3n) is 1.76. The number of hydrogen-bond donors (Lipinski definition) is 1. The summed E-state index contributed by atoms with van der Waals surface area (Å²) in [6, 6.07) is 5.74. The number of nitrogens with one attached hydrogen (secondary N) is 1. The Bertz CT molecular complexity index is 284. The Morgan fingerprint density at radius 3 is 2.92 bits per heavy atom. The molecule has 68 valence electrons. The van der Waals surface area contributed by atoms with E-state index in [1.54, 1.807) is 12.3 Å². The summed E-state index contributed by atoms with van der Waals surface area (Å²) in [6.45, 7) is 4.00. The predicted molar refractivity (Wildman–Crippen MR) is 51.2 cm³/mol. The summed E-state index contributed by atoms with van der Waals surface area (Å²) in [5, 5.41) is 11.8. The van der Waals surface area contributed by atoms with Crippen LogP contribution in [0.1, 0.15) is 18.2 Å². The average molecular weight is 175 g/mol. The number of pyridine rings is 1. The van der Waals surface area contributed by atoms with Crippen molar-refractivity contribution in [3.05, 3.63) is 29.6 Å². The first-order valence-corrected chi connectivity index (χ1v) is 4.42. The molecule has 1 N–H and O–H groups in total. The van der Waals surface area contributed by atoms with Crippen LogP contribution in [0.3, 0.4) is 0 Å². The molecule has 0 aliphatic rings. The van der Waals surface area contributed by atoms with Crippen molar-refractivity contribution in [1.82, 2.24) is 10.3 Å². The van der Waals surface area contributed by atoms with Crippen molar-refractivity contribution in [1.29, 1.82) is 5.26 Å². The van der Waals surface area contributed by atoms with Gasteiger partial charge in [-0.3, -0.25) is 4.98 Å². The van der Waals surface area contributed by atoms with Crippen LogP contribution >= 0.6 is 0 Å². The van der Waals surface area contributed by atoms with Crippen molar-refractivity contribution < 1.29 is 0 Å². The lowest BCUT2D eigenvalue weighted by atomic mass is 10.2. The molecule has 3 heteroatoms. The topological polar surface area (TPSA) is 48.7 Å². The third kappa shape index (κ3) is 3.22. The van der Waals surface area contributed by atoms with Crippen LogP contribution in [0.4, 0.5) is 0 Å². The van der Waals surface area contributed by atoms with Gasteiger partial charge in [-0.1, -0.05) is 6.92 Å². The Morgan fingerprint density at radius 2 is 2.38 bits per heavy atom. The van der Waals surface area contributed by atoms with E-state index < -0.39 is 0 Å². The molecule has 1 aromatic heterocycles. The van der Waals surface area contributed by atoms with E-state index in [9.17, 15) is 0 Å². The fourth-order valence-corrected chi connectivity index (χ4v) is 1.03. The Morgan fingerprint density at radius 1 is 1.54 bits per heavy atom. The third-order valence-corrected chi connectivity index (χ3v) is 1.76. The summed E-state index contributed by atoms with van der Waals surface area (Å²) in [7, 11) is 0. The predicted octanol–water partition coefficient (Wildman–Crippen LogP) is 1.11. The van der Waals surface area contributed by atoms with Gasteiger partial charge in [-0.05, 0) is 18.7 Å². The standard InChI is InChI=1S/C10H13N3/c1-2-12-6-5-10-4-3-9(7-11)8-13-10/h3-4,8,12H,2,5-6H2,1H3. The maximum atomic E-state index is 8.54. The van der Waals surface area contributed by atoms with E-state index in [0.29, 0.717) is 5.56 Å². The van der Waals surface area contributed by atoms with Crippen LogP contribution in [-0.4, -0.2) is 18.1 Å². The molecule has 0 aliphatic heterocycles. The molecule has 0 atom stereocenters. The minimum Gasteiger partial charge on any atom is -0.317 e. The summed E-state index contributed by atoms with van der Waals surface area (Å²) in [5.41, 5.74) is 1.65. The lowest BCUT2D eigenvalue weighted by Crippen LogP contribution is -2.16. The molecule has 1 aromatic rings. The highest BCUT2D eigenvalue weighted by molar-refractivity contribution is 5.26. The van der Waals surface area contributed by atoms with Crippen molar-refractivity contribution in [2.45, 2.75) is 13.3 Å². The van der Waals surface area contributed by atoms with E-state index in [-0.39, 0.29) is 0 Å². The van der Waals surface area contributed by atoms with Gasteiger partial charge in [0.15, 0.2) is 0 Å². The maximum Gasteiger partial charge on any atom is 0.101 e. The molecule has 0 saturated carbocycles. The van der Waals surface area contributed by atoms with E-state index in [1.165, 1.54) is 0 Å². The van der Waals surface area contributed by atoms with E-state index in [0.717, 1.165) is 25.2 Å². The smallest absolute Gasteiger partial charge is 0.101 e. The summed E-state index contributed by atoms with van der Waals surface area (Å²) >= 11 is 0. The molecule has 0 aromatic carbocycles. The highest BCUT2D eigenvalue weighted by Crippen LogP contribution is 1.98. The lowest BCUT2D eigenvalue weighted by Gasteiger charge is -2.00. The van der Waals surface area contributed by atoms with Gasteiger partial charge in [0, 0.05) is 24.9 Å². The van der Waals surface area contributed by atoms with E-state index in [1.807, 2.05) is 12.1 Å². The fraction of sp³-hybridized carbons (Fsp3) is 0.400. The van der Waals surface area contributed by atoms with E-state index in [2.05, 4.69) is 17.2 Å². The molecule has 0 spiro atoms. The zero-order valence-corrected chi connectivity index (χ0v) is 7.75. The maximum absolute atomic E-state index is 8.54. The highest BCUT2D eigenvalue weighted by atomic mass is 14.8. The molecule has 0 aliphatic carbocycles.